The van der Waals surface area contributed by atoms with Crippen LogP contribution >= 0.6 is 0 Å². The fourth-order valence-corrected chi connectivity index (χ4v) is 2.31. The van der Waals surface area contributed by atoms with Gasteiger partial charge in [-0.1, -0.05) is 44.2 Å². The highest BCUT2D eigenvalue weighted by molar-refractivity contribution is 5.92. The second-order valence-electron chi connectivity index (χ2n) is 6.31. The van der Waals surface area contributed by atoms with Gasteiger partial charge in [-0.3, -0.25) is 4.79 Å². The molecule has 0 saturated carbocycles. The van der Waals surface area contributed by atoms with Crippen molar-refractivity contribution in [3.63, 3.8) is 0 Å². The van der Waals surface area contributed by atoms with Gasteiger partial charge in [-0.25, -0.2) is 9.97 Å². The van der Waals surface area contributed by atoms with Gasteiger partial charge >= 0.3 is 0 Å². The molecule has 0 aliphatic heterocycles. The minimum atomic E-state index is -0.152. The molecule has 0 saturated heterocycles. The highest BCUT2D eigenvalue weighted by atomic mass is 16.1. The lowest BCUT2D eigenvalue weighted by Gasteiger charge is -2.10. The third-order valence-corrected chi connectivity index (χ3v) is 3.53. The fourth-order valence-electron chi connectivity index (χ4n) is 2.31. The summed E-state index contributed by atoms with van der Waals surface area (Å²) in [5, 5.41) is 6.17. The molecule has 0 radical (unpaired) electrons. The summed E-state index contributed by atoms with van der Waals surface area (Å²) in [6.45, 7) is 7.50. The van der Waals surface area contributed by atoms with E-state index in [2.05, 4.69) is 46.6 Å². The zero-order valence-corrected chi connectivity index (χ0v) is 14.7. The van der Waals surface area contributed by atoms with E-state index < -0.39 is 0 Å². The number of nitrogens with zero attached hydrogens (tertiary/aromatic N) is 2. The normalized spacial score (nSPS) is 10.7. The van der Waals surface area contributed by atoms with Crippen LogP contribution in [0.1, 0.15) is 42.1 Å². The number of carbonyl (C=O) groups excluding carboxylic acids is 1. The Morgan fingerprint density at radius 3 is 2.62 bits per heavy atom. The molecule has 0 aliphatic carbocycles. The second kappa shape index (κ2) is 9.01. The number of hydrogen-bond donors (Lipinski definition) is 2. The molecule has 2 aromatic rings. The average Bonchev–Trinajstić information content (AvgIpc) is 2.57. The van der Waals surface area contributed by atoms with Gasteiger partial charge in [-0.05, 0) is 31.2 Å². The Morgan fingerprint density at radius 2 is 1.92 bits per heavy atom. The molecule has 0 aliphatic rings. The summed E-state index contributed by atoms with van der Waals surface area (Å²) in [5.74, 6) is 1.65. The largest absolute Gasteiger partial charge is 0.370 e. The van der Waals surface area contributed by atoms with Gasteiger partial charge in [0.25, 0.3) is 5.91 Å². The highest BCUT2D eigenvalue weighted by Gasteiger charge is 2.10. The van der Waals surface area contributed by atoms with Crippen molar-refractivity contribution in [2.45, 2.75) is 33.6 Å². The first-order chi connectivity index (χ1) is 11.5. The molecule has 1 heterocycles. The lowest BCUT2D eigenvalue weighted by Crippen LogP contribution is -2.26. The molecule has 1 amide bonds. The monoisotopic (exact) mass is 326 g/mol. The van der Waals surface area contributed by atoms with Crippen LogP contribution < -0.4 is 10.6 Å². The molecule has 0 spiro atoms. The van der Waals surface area contributed by atoms with Gasteiger partial charge in [-0.2, -0.15) is 0 Å². The molecule has 0 unspecified atom stereocenters. The fraction of sp³-hybridized carbons (Fsp3) is 0.421. The molecule has 1 aromatic carbocycles. The summed E-state index contributed by atoms with van der Waals surface area (Å²) in [6, 6.07) is 12.0. The number of anilines is 1. The predicted molar refractivity (Wildman–Crippen MR) is 97.2 cm³/mol. The van der Waals surface area contributed by atoms with Gasteiger partial charge in [0.05, 0.1) is 0 Å². The van der Waals surface area contributed by atoms with Crippen molar-refractivity contribution in [1.29, 1.82) is 0 Å². The summed E-state index contributed by atoms with van der Waals surface area (Å²) in [6.07, 6.45) is 1.85. The number of rotatable bonds is 8. The van der Waals surface area contributed by atoms with Gasteiger partial charge in [0, 0.05) is 19.2 Å². The van der Waals surface area contributed by atoms with Crippen LogP contribution in [0.2, 0.25) is 0 Å². The van der Waals surface area contributed by atoms with Crippen molar-refractivity contribution in [3.05, 3.63) is 53.5 Å². The Morgan fingerprint density at radius 1 is 1.17 bits per heavy atom. The van der Waals surface area contributed by atoms with Crippen molar-refractivity contribution in [2.24, 2.45) is 5.92 Å². The molecule has 1 aromatic heterocycles. The maximum atomic E-state index is 12.3. The lowest BCUT2D eigenvalue weighted by atomic mass is 10.1. The standard InChI is InChI=1S/C19H26N4O/c1-14(2)13-21-18-12-17(22-15(3)23-18)19(24)20-11-7-10-16-8-5-4-6-9-16/h4-6,8-9,12,14H,7,10-11,13H2,1-3H3,(H,20,24)(H,21,22,23). The summed E-state index contributed by atoms with van der Waals surface area (Å²) < 4.78 is 0. The Balaban J connectivity index is 1.85. The Labute approximate surface area is 143 Å². The second-order valence-corrected chi connectivity index (χ2v) is 6.31. The van der Waals surface area contributed by atoms with Crippen LogP contribution in [0.15, 0.2) is 36.4 Å². The van der Waals surface area contributed by atoms with Gasteiger partial charge in [0.15, 0.2) is 0 Å². The summed E-state index contributed by atoms with van der Waals surface area (Å²) >= 11 is 0. The van der Waals surface area contributed by atoms with E-state index in [4.69, 9.17) is 0 Å². The van der Waals surface area contributed by atoms with Crippen LogP contribution in [-0.4, -0.2) is 29.0 Å². The molecule has 0 atom stereocenters. The minimum Gasteiger partial charge on any atom is -0.370 e. The minimum absolute atomic E-state index is 0.152. The molecular weight excluding hydrogens is 300 g/mol. The predicted octanol–water partition coefficient (Wildman–Crippen LogP) is 3.22. The first kappa shape index (κ1) is 17.9. The number of nitrogens with one attached hydrogen (secondary N) is 2. The van der Waals surface area contributed by atoms with Crippen molar-refractivity contribution in [3.8, 4) is 0 Å². The van der Waals surface area contributed by atoms with Crippen LogP contribution in [0.25, 0.3) is 0 Å². The van der Waals surface area contributed by atoms with Crippen LogP contribution in [0.3, 0.4) is 0 Å². The number of benzene rings is 1. The molecular formula is C19H26N4O. The molecule has 5 nitrogen and oxygen atoms in total. The van der Waals surface area contributed by atoms with E-state index in [0.717, 1.165) is 19.4 Å². The number of amides is 1. The SMILES string of the molecule is Cc1nc(NCC(C)C)cc(C(=O)NCCCc2ccccc2)n1. The van der Waals surface area contributed by atoms with Crippen LogP contribution in [0.5, 0.6) is 0 Å². The van der Waals surface area contributed by atoms with E-state index in [-0.39, 0.29) is 5.91 Å². The topological polar surface area (TPSA) is 66.9 Å². The molecule has 2 rings (SSSR count). The van der Waals surface area contributed by atoms with E-state index in [1.165, 1.54) is 5.56 Å². The van der Waals surface area contributed by atoms with E-state index in [0.29, 0.717) is 29.8 Å². The summed E-state index contributed by atoms with van der Waals surface area (Å²) in [4.78, 5) is 20.8. The zero-order valence-electron chi connectivity index (χ0n) is 14.7. The zero-order chi connectivity index (χ0) is 17.4. The molecule has 0 fully saturated rings. The van der Waals surface area contributed by atoms with Crippen LogP contribution in [0, 0.1) is 12.8 Å². The lowest BCUT2D eigenvalue weighted by molar-refractivity contribution is 0.0948. The van der Waals surface area contributed by atoms with E-state index in [1.807, 2.05) is 18.2 Å². The van der Waals surface area contributed by atoms with Gasteiger partial charge in [-0.15, -0.1) is 0 Å². The summed E-state index contributed by atoms with van der Waals surface area (Å²) in [7, 11) is 0. The molecule has 2 N–H and O–H groups in total. The van der Waals surface area contributed by atoms with Gasteiger partial charge in [0.1, 0.15) is 17.3 Å². The summed E-state index contributed by atoms with van der Waals surface area (Å²) in [5.41, 5.74) is 1.69. The van der Waals surface area contributed by atoms with Crippen molar-refractivity contribution in [1.82, 2.24) is 15.3 Å². The van der Waals surface area contributed by atoms with Crippen molar-refractivity contribution >= 4 is 11.7 Å². The Hall–Kier alpha value is -2.43. The first-order valence-corrected chi connectivity index (χ1v) is 8.46. The molecule has 5 heteroatoms. The number of hydrogen-bond acceptors (Lipinski definition) is 4. The van der Waals surface area contributed by atoms with E-state index in [1.54, 1.807) is 13.0 Å². The highest BCUT2D eigenvalue weighted by Crippen LogP contribution is 2.08. The average molecular weight is 326 g/mol. The Bertz CT molecular complexity index is 656. The number of carbonyl (C=O) groups is 1. The molecule has 0 bridgehead atoms. The number of aromatic nitrogens is 2. The quantitative estimate of drug-likeness (QED) is 0.731. The third kappa shape index (κ3) is 5.99. The van der Waals surface area contributed by atoms with Crippen molar-refractivity contribution in [2.75, 3.05) is 18.4 Å². The molecule has 24 heavy (non-hydrogen) atoms. The maximum Gasteiger partial charge on any atom is 0.270 e. The van der Waals surface area contributed by atoms with Crippen molar-refractivity contribution < 1.29 is 4.79 Å². The third-order valence-electron chi connectivity index (χ3n) is 3.53. The number of aryl methyl sites for hydroxylation is 2. The van der Waals surface area contributed by atoms with Crippen LogP contribution in [-0.2, 0) is 6.42 Å². The van der Waals surface area contributed by atoms with Crippen LogP contribution in [0.4, 0.5) is 5.82 Å². The smallest absolute Gasteiger partial charge is 0.270 e. The maximum absolute atomic E-state index is 12.3. The Kier molecular flexibility index (Phi) is 6.73. The van der Waals surface area contributed by atoms with E-state index >= 15 is 0 Å². The molecule has 128 valence electrons. The van der Waals surface area contributed by atoms with Gasteiger partial charge in [0.2, 0.25) is 0 Å². The van der Waals surface area contributed by atoms with Gasteiger partial charge < -0.3 is 10.6 Å². The first-order valence-electron chi connectivity index (χ1n) is 8.46. The van der Waals surface area contributed by atoms with E-state index in [9.17, 15) is 4.79 Å².